The molecule has 0 bridgehead atoms. The minimum absolute atomic E-state index is 0.0475. The number of rotatable bonds is 11. The van der Waals surface area contributed by atoms with Gasteiger partial charge in [0.15, 0.2) is 8.24 Å². The number of nitrogens with zero attached hydrogens (tertiary/aromatic N) is 2. The van der Waals surface area contributed by atoms with Crippen LogP contribution in [-0.2, 0) is 0 Å². The van der Waals surface area contributed by atoms with Crippen molar-refractivity contribution < 1.29 is 10.2 Å². The van der Waals surface area contributed by atoms with E-state index < -0.39 is 14.3 Å². The Hall–Kier alpha value is -1.14. The maximum absolute atomic E-state index is 11.2. The van der Waals surface area contributed by atoms with Crippen LogP contribution in [0.3, 0.4) is 0 Å². The van der Waals surface area contributed by atoms with Crippen molar-refractivity contribution in [3.63, 3.8) is 0 Å². The smallest absolute Gasteiger partial charge is 0.169 e. The minimum Gasteiger partial charge on any atom is -0.395 e. The molecule has 30 heavy (non-hydrogen) atoms. The Kier molecular flexibility index (Phi) is 8.75. The van der Waals surface area contributed by atoms with Crippen molar-refractivity contribution in [2.24, 2.45) is 0 Å². The number of benzene rings is 1. The van der Waals surface area contributed by atoms with Crippen molar-refractivity contribution in [1.29, 1.82) is 0 Å². The third-order valence-electron chi connectivity index (χ3n) is 7.12. The van der Waals surface area contributed by atoms with Gasteiger partial charge in [0, 0.05) is 23.5 Å². The molecule has 0 aliphatic rings. The van der Waals surface area contributed by atoms with Gasteiger partial charge in [-0.2, -0.15) is 0 Å². The lowest BCUT2D eigenvalue weighted by Crippen LogP contribution is -2.51. The standard InChI is InChI=1S/C25H44N2O2Si/c1-9-14-26(21(8)17-28)16-25(29)23-11-10-12-24-22(23)13-15-27(24)30(18(2)3,19(4)5)20(6)7/h10-13,15,18-21,25,28-29H,9,14,16-17H2,1-8H3. The van der Waals surface area contributed by atoms with Crippen LogP contribution >= 0.6 is 0 Å². The molecule has 0 radical (unpaired) electrons. The van der Waals surface area contributed by atoms with E-state index in [1.54, 1.807) is 0 Å². The molecule has 2 N–H and O–H groups in total. The number of aliphatic hydroxyl groups is 2. The number of hydrogen-bond donors (Lipinski definition) is 2. The number of aromatic nitrogens is 1. The average molecular weight is 433 g/mol. The maximum Gasteiger partial charge on any atom is 0.169 e. The fourth-order valence-corrected chi connectivity index (χ4v) is 12.5. The minimum atomic E-state index is -1.85. The van der Waals surface area contributed by atoms with E-state index in [4.69, 9.17) is 0 Å². The first-order valence-electron chi connectivity index (χ1n) is 11.8. The lowest BCUT2D eigenvalue weighted by Gasteiger charge is -2.44. The zero-order chi connectivity index (χ0) is 22.6. The first-order chi connectivity index (χ1) is 14.1. The summed E-state index contributed by atoms with van der Waals surface area (Å²) in [4.78, 5) is 2.19. The third kappa shape index (κ3) is 4.54. The fourth-order valence-electron chi connectivity index (χ4n) is 5.87. The van der Waals surface area contributed by atoms with Crippen LogP contribution < -0.4 is 0 Å². The van der Waals surface area contributed by atoms with E-state index in [1.165, 1.54) is 5.52 Å². The quantitative estimate of drug-likeness (QED) is 0.442. The fraction of sp³-hybridized carbons (Fsp3) is 0.680. The molecular formula is C25H44N2O2Si. The Morgan fingerprint density at radius 1 is 0.967 bits per heavy atom. The maximum atomic E-state index is 11.2. The lowest BCUT2D eigenvalue weighted by atomic mass is 10.0. The van der Waals surface area contributed by atoms with Gasteiger partial charge in [-0.15, -0.1) is 0 Å². The first-order valence-corrected chi connectivity index (χ1v) is 13.9. The molecule has 2 unspecified atom stereocenters. The van der Waals surface area contributed by atoms with Crippen LogP contribution in [0.1, 0.15) is 73.5 Å². The zero-order valence-corrected chi connectivity index (χ0v) is 21.4. The molecule has 170 valence electrons. The molecule has 0 aliphatic heterocycles. The van der Waals surface area contributed by atoms with Crippen LogP contribution in [0.2, 0.25) is 16.6 Å². The molecule has 1 heterocycles. The zero-order valence-electron chi connectivity index (χ0n) is 20.4. The monoisotopic (exact) mass is 432 g/mol. The molecule has 5 heteroatoms. The van der Waals surface area contributed by atoms with Crippen molar-refractivity contribution >= 4 is 19.1 Å². The molecule has 0 amide bonds. The summed E-state index contributed by atoms with van der Waals surface area (Å²) in [5, 5.41) is 22.0. The van der Waals surface area contributed by atoms with E-state index in [-0.39, 0.29) is 12.6 Å². The molecule has 1 aromatic heterocycles. The van der Waals surface area contributed by atoms with E-state index in [2.05, 4.69) is 88.1 Å². The third-order valence-corrected chi connectivity index (χ3v) is 13.9. The van der Waals surface area contributed by atoms with E-state index in [0.717, 1.165) is 23.9 Å². The largest absolute Gasteiger partial charge is 0.395 e. The Morgan fingerprint density at radius 3 is 2.07 bits per heavy atom. The first kappa shape index (κ1) is 25.1. The Balaban J connectivity index is 2.53. The molecule has 2 rings (SSSR count). The highest BCUT2D eigenvalue weighted by atomic mass is 28.3. The Morgan fingerprint density at radius 2 is 1.57 bits per heavy atom. The summed E-state index contributed by atoms with van der Waals surface area (Å²) in [5.74, 6) is 0. The summed E-state index contributed by atoms with van der Waals surface area (Å²) in [6.45, 7) is 20.0. The molecule has 1 aromatic carbocycles. The van der Waals surface area contributed by atoms with Gasteiger partial charge in [0.2, 0.25) is 0 Å². The van der Waals surface area contributed by atoms with Crippen LogP contribution in [0.25, 0.3) is 10.9 Å². The molecule has 0 fully saturated rings. The summed E-state index contributed by atoms with van der Waals surface area (Å²) in [5.41, 5.74) is 4.11. The topological polar surface area (TPSA) is 48.6 Å². The molecule has 0 saturated heterocycles. The predicted molar refractivity (Wildman–Crippen MR) is 132 cm³/mol. The van der Waals surface area contributed by atoms with E-state index in [1.807, 2.05) is 6.92 Å². The average Bonchev–Trinajstić information content (AvgIpc) is 3.10. The molecule has 0 saturated carbocycles. The van der Waals surface area contributed by atoms with Gasteiger partial charge in [-0.25, -0.2) is 0 Å². The molecule has 0 spiro atoms. The van der Waals surface area contributed by atoms with Crippen molar-refractivity contribution in [3.8, 4) is 0 Å². The molecule has 4 nitrogen and oxygen atoms in total. The van der Waals surface area contributed by atoms with Gasteiger partial charge in [0.05, 0.1) is 12.7 Å². The number of aliphatic hydroxyl groups excluding tert-OH is 2. The van der Waals surface area contributed by atoms with Crippen LogP contribution in [0.4, 0.5) is 0 Å². The van der Waals surface area contributed by atoms with Gasteiger partial charge in [-0.05, 0) is 60.4 Å². The second-order valence-corrected chi connectivity index (χ2v) is 15.6. The van der Waals surface area contributed by atoms with Crippen molar-refractivity contribution in [2.75, 3.05) is 19.7 Å². The summed E-state index contributed by atoms with van der Waals surface area (Å²) in [6, 6.07) is 8.64. The molecule has 2 atom stereocenters. The van der Waals surface area contributed by atoms with E-state index in [9.17, 15) is 10.2 Å². The summed E-state index contributed by atoms with van der Waals surface area (Å²) >= 11 is 0. The van der Waals surface area contributed by atoms with Crippen LogP contribution in [0, 0.1) is 0 Å². The highest BCUT2D eigenvalue weighted by Gasteiger charge is 2.45. The second-order valence-electron chi connectivity index (χ2n) is 9.86. The van der Waals surface area contributed by atoms with Crippen LogP contribution in [-0.4, -0.2) is 53.3 Å². The van der Waals surface area contributed by atoms with Crippen molar-refractivity contribution in [1.82, 2.24) is 9.13 Å². The SMILES string of the molecule is CCCN(CC(O)c1cccc2c1ccn2[Si](C(C)C)(C(C)C)C(C)C)C(C)CO. The van der Waals surface area contributed by atoms with Gasteiger partial charge in [-0.1, -0.05) is 60.6 Å². The van der Waals surface area contributed by atoms with Gasteiger partial charge in [0.25, 0.3) is 0 Å². The lowest BCUT2D eigenvalue weighted by molar-refractivity contribution is 0.0692. The van der Waals surface area contributed by atoms with Gasteiger partial charge in [0.1, 0.15) is 0 Å². The Labute approximate surface area is 185 Å². The number of hydrogen-bond acceptors (Lipinski definition) is 3. The molecule has 0 aliphatic carbocycles. The van der Waals surface area contributed by atoms with E-state index in [0.29, 0.717) is 23.2 Å². The Bertz CT molecular complexity index is 778. The normalized spacial score (nSPS) is 15.1. The van der Waals surface area contributed by atoms with Gasteiger partial charge >= 0.3 is 0 Å². The predicted octanol–water partition coefficient (Wildman–Crippen LogP) is 5.79. The van der Waals surface area contributed by atoms with E-state index >= 15 is 0 Å². The summed E-state index contributed by atoms with van der Waals surface area (Å²) < 4.78 is 2.61. The van der Waals surface area contributed by atoms with Crippen molar-refractivity contribution in [2.45, 2.75) is 90.6 Å². The second kappa shape index (κ2) is 10.4. The van der Waals surface area contributed by atoms with Gasteiger partial charge in [-0.3, -0.25) is 4.90 Å². The summed E-state index contributed by atoms with van der Waals surface area (Å²) in [6.07, 6.45) is 2.72. The number of fused-ring (bicyclic) bond motifs is 1. The highest BCUT2D eigenvalue weighted by molar-refractivity contribution is 6.82. The highest BCUT2D eigenvalue weighted by Crippen LogP contribution is 2.44. The summed E-state index contributed by atoms with van der Waals surface area (Å²) in [7, 11) is -1.85. The van der Waals surface area contributed by atoms with Crippen LogP contribution in [0.5, 0.6) is 0 Å². The van der Waals surface area contributed by atoms with Crippen molar-refractivity contribution in [3.05, 3.63) is 36.0 Å². The van der Waals surface area contributed by atoms with Crippen LogP contribution in [0.15, 0.2) is 30.5 Å². The molecular weight excluding hydrogens is 388 g/mol. The van der Waals surface area contributed by atoms with Gasteiger partial charge < -0.3 is 14.4 Å². The molecule has 2 aromatic rings.